The van der Waals surface area contributed by atoms with Crippen LogP contribution in [0.4, 0.5) is 5.69 Å². The van der Waals surface area contributed by atoms with Crippen molar-refractivity contribution in [2.75, 3.05) is 18.4 Å². The number of carbonyl (C=O) groups excluding carboxylic acids is 2. The molecule has 0 bridgehead atoms. The van der Waals surface area contributed by atoms with Crippen LogP contribution in [0.25, 0.3) is 0 Å². The highest BCUT2D eigenvalue weighted by Gasteiger charge is 2.23. The van der Waals surface area contributed by atoms with Gasteiger partial charge in [-0.2, -0.15) is 0 Å². The maximum Gasteiger partial charge on any atom is 0.223 e. The fourth-order valence-corrected chi connectivity index (χ4v) is 4.41. The lowest BCUT2D eigenvalue weighted by Gasteiger charge is -2.33. The Morgan fingerprint density at radius 1 is 1.12 bits per heavy atom. The van der Waals surface area contributed by atoms with Crippen LogP contribution in [0.15, 0.2) is 36.4 Å². The molecule has 26 heavy (non-hydrogen) atoms. The van der Waals surface area contributed by atoms with Crippen molar-refractivity contribution in [3.63, 3.8) is 0 Å². The first-order valence-corrected chi connectivity index (χ1v) is 10.0. The summed E-state index contributed by atoms with van der Waals surface area (Å²) in [4.78, 5) is 28.9. The molecule has 0 spiro atoms. The number of likely N-dealkylation sites (tertiary alicyclic amines) is 1. The molecule has 1 N–H and O–H groups in total. The minimum absolute atomic E-state index is 0.0841. The largest absolute Gasteiger partial charge is 0.382 e. The summed E-state index contributed by atoms with van der Waals surface area (Å²) >= 11 is 1.64. The number of hydrogen-bond donors (Lipinski definition) is 1. The molecule has 138 valence electrons. The van der Waals surface area contributed by atoms with E-state index in [1.807, 2.05) is 43.0 Å². The maximum atomic E-state index is 12.4. The van der Waals surface area contributed by atoms with Gasteiger partial charge in [0.1, 0.15) is 0 Å². The molecule has 0 aliphatic carbocycles. The highest BCUT2D eigenvalue weighted by atomic mass is 32.1. The van der Waals surface area contributed by atoms with Crippen LogP contribution in [-0.2, 0) is 4.79 Å². The SMILES string of the molecule is Cc1cc(C(=O)CCC(=O)N2CCC(Nc3ccccc3)CC2)c(C)s1. The van der Waals surface area contributed by atoms with Crippen LogP contribution in [0.5, 0.6) is 0 Å². The van der Waals surface area contributed by atoms with E-state index in [0.717, 1.165) is 46.9 Å². The van der Waals surface area contributed by atoms with Crippen LogP contribution >= 0.6 is 11.3 Å². The smallest absolute Gasteiger partial charge is 0.223 e. The highest BCUT2D eigenvalue weighted by Crippen LogP contribution is 2.23. The van der Waals surface area contributed by atoms with Gasteiger partial charge in [0.2, 0.25) is 5.91 Å². The normalized spacial score (nSPS) is 15.1. The predicted molar refractivity (Wildman–Crippen MR) is 107 cm³/mol. The number of nitrogens with zero attached hydrogens (tertiary/aromatic N) is 1. The second-order valence-electron chi connectivity index (χ2n) is 6.92. The van der Waals surface area contributed by atoms with E-state index in [4.69, 9.17) is 0 Å². The monoisotopic (exact) mass is 370 g/mol. The number of amides is 1. The van der Waals surface area contributed by atoms with Gasteiger partial charge in [-0.05, 0) is 44.9 Å². The number of rotatable bonds is 6. The first-order chi connectivity index (χ1) is 12.5. The fourth-order valence-electron chi connectivity index (χ4n) is 3.46. The van der Waals surface area contributed by atoms with E-state index < -0.39 is 0 Å². The third-order valence-electron chi connectivity index (χ3n) is 4.90. The van der Waals surface area contributed by atoms with Gasteiger partial charge in [0.25, 0.3) is 0 Å². The van der Waals surface area contributed by atoms with Gasteiger partial charge in [0, 0.05) is 53.0 Å². The summed E-state index contributed by atoms with van der Waals surface area (Å²) in [6.45, 7) is 5.49. The second-order valence-corrected chi connectivity index (χ2v) is 8.38. The molecule has 1 aromatic carbocycles. The standard InChI is InChI=1S/C21H26N2O2S/c1-15-14-19(16(2)26-15)20(24)8-9-21(25)23-12-10-18(11-13-23)22-17-6-4-3-5-7-17/h3-7,14,18,22H,8-13H2,1-2H3. The summed E-state index contributed by atoms with van der Waals surface area (Å²) in [6.07, 6.45) is 2.50. The molecule has 4 nitrogen and oxygen atoms in total. The van der Waals surface area contributed by atoms with E-state index in [1.165, 1.54) is 0 Å². The molecule has 0 radical (unpaired) electrons. The van der Waals surface area contributed by atoms with Crippen molar-refractivity contribution in [1.29, 1.82) is 0 Å². The van der Waals surface area contributed by atoms with Crippen molar-refractivity contribution in [2.24, 2.45) is 0 Å². The van der Waals surface area contributed by atoms with Crippen molar-refractivity contribution >= 4 is 28.7 Å². The Balaban J connectivity index is 1.43. The molecule has 1 amide bonds. The molecule has 3 rings (SSSR count). The number of benzene rings is 1. The van der Waals surface area contributed by atoms with Crippen LogP contribution in [-0.4, -0.2) is 35.7 Å². The Morgan fingerprint density at radius 3 is 2.42 bits per heavy atom. The number of ketones is 1. The average Bonchev–Trinajstić information content (AvgIpc) is 2.99. The Bertz CT molecular complexity index is 762. The summed E-state index contributed by atoms with van der Waals surface area (Å²) in [5, 5.41) is 3.53. The topological polar surface area (TPSA) is 49.4 Å². The molecule has 0 unspecified atom stereocenters. The summed E-state index contributed by atoms with van der Waals surface area (Å²) in [6, 6.07) is 12.5. The molecule has 5 heteroatoms. The van der Waals surface area contributed by atoms with Crippen molar-refractivity contribution in [3.8, 4) is 0 Å². The van der Waals surface area contributed by atoms with Gasteiger partial charge in [-0.15, -0.1) is 11.3 Å². The Hall–Kier alpha value is -2.14. The number of thiophene rings is 1. The summed E-state index contributed by atoms with van der Waals surface area (Å²) in [7, 11) is 0. The Morgan fingerprint density at radius 2 is 1.81 bits per heavy atom. The molecule has 1 aliphatic heterocycles. The van der Waals surface area contributed by atoms with E-state index in [-0.39, 0.29) is 11.7 Å². The molecular formula is C21H26N2O2S. The molecule has 1 aliphatic rings. The van der Waals surface area contributed by atoms with Gasteiger partial charge < -0.3 is 10.2 Å². The number of Topliss-reactive ketones (excluding diaryl/α,β-unsaturated/α-hetero) is 1. The van der Waals surface area contributed by atoms with Crippen LogP contribution in [0.2, 0.25) is 0 Å². The second kappa shape index (κ2) is 8.49. The van der Waals surface area contributed by atoms with Crippen LogP contribution < -0.4 is 5.32 Å². The number of piperidine rings is 1. The minimum atomic E-state index is 0.0841. The van der Waals surface area contributed by atoms with Crippen LogP contribution in [0, 0.1) is 13.8 Å². The molecular weight excluding hydrogens is 344 g/mol. The number of nitrogens with one attached hydrogen (secondary N) is 1. The summed E-state index contributed by atoms with van der Waals surface area (Å²) in [5.41, 5.74) is 1.91. The van der Waals surface area contributed by atoms with Gasteiger partial charge in [0.15, 0.2) is 5.78 Å². The first-order valence-electron chi connectivity index (χ1n) is 9.22. The molecule has 1 aromatic heterocycles. The van der Waals surface area contributed by atoms with Crippen LogP contribution in [0.1, 0.15) is 45.8 Å². The fraction of sp³-hybridized carbons (Fsp3) is 0.429. The molecule has 1 fully saturated rings. The zero-order valence-electron chi connectivity index (χ0n) is 15.5. The molecule has 1 saturated heterocycles. The van der Waals surface area contributed by atoms with Gasteiger partial charge in [-0.1, -0.05) is 18.2 Å². The molecule has 2 heterocycles. The number of hydrogen-bond acceptors (Lipinski definition) is 4. The third kappa shape index (κ3) is 4.73. The van der Waals surface area contributed by atoms with Gasteiger partial charge in [0.05, 0.1) is 0 Å². The third-order valence-corrected chi connectivity index (χ3v) is 5.87. The van der Waals surface area contributed by atoms with E-state index in [0.29, 0.717) is 18.9 Å². The number of anilines is 1. The zero-order valence-corrected chi connectivity index (χ0v) is 16.3. The molecule has 2 aromatic rings. The van der Waals surface area contributed by atoms with Gasteiger partial charge in [-0.25, -0.2) is 0 Å². The maximum absolute atomic E-state index is 12.4. The van der Waals surface area contributed by atoms with E-state index in [1.54, 1.807) is 11.3 Å². The number of para-hydroxylation sites is 1. The highest BCUT2D eigenvalue weighted by molar-refractivity contribution is 7.12. The lowest BCUT2D eigenvalue weighted by molar-refractivity contribution is -0.132. The Labute approximate surface area is 159 Å². The van der Waals surface area contributed by atoms with E-state index in [9.17, 15) is 9.59 Å². The minimum Gasteiger partial charge on any atom is -0.382 e. The van der Waals surface area contributed by atoms with Crippen molar-refractivity contribution in [3.05, 3.63) is 51.7 Å². The van der Waals surface area contributed by atoms with Crippen LogP contribution in [0.3, 0.4) is 0 Å². The average molecular weight is 371 g/mol. The van der Waals surface area contributed by atoms with E-state index >= 15 is 0 Å². The zero-order chi connectivity index (χ0) is 18.5. The van der Waals surface area contributed by atoms with Gasteiger partial charge in [-0.3, -0.25) is 9.59 Å². The van der Waals surface area contributed by atoms with E-state index in [2.05, 4.69) is 17.4 Å². The van der Waals surface area contributed by atoms with Crippen molar-refractivity contribution < 1.29 is 9.59 Å². The van der Waals surface area contributed by atoms with Crippen molar-refractivity contribution in [1.82, 2.24) is 4.90 Å². The molecule has 0 atom stereocenters. The van der Waals surface area contributed by atoms with Crippen molar-refractivity contribution in [2.45, 2.75) is 45.6 Å². The number of aryl methyl sites for hydroxylation is 2. The van der Waals surface area contributed by atoms with Gasteiger partial charge >= 0.3 is 0 Å². The molecule has 0 saturated carbocycles. The summed E-state index contributed by atoms with van der Waals surface area (Å²) < 4.78 is 0. The predicted octanol–water partition coefficient (Wildman–Crippen LogP) is 4.43. The first kappa shape index (κ1) is 18.6. The lowest BCUT2D eigenvalue weighted by Crippen LogP contribution is -2.42. The Kier molecular flexibility index (Phi) is 6.09. The number of carbonyl (C=O) groups is 2. The lowest BCUT2D eigenvalue weighted by atomic mass is 10.0. The summed E-state index contributed by atoms with van der Waals surface area (Å²) in [5.74, 6) is 0.182. The quantitative estimate of drug-likeness (QED) is 0.765.